The molecular weight excluding hydrogens is 556 g/mol. The van der Waals surface area contributed by atoms with Gasteiger partial charge < -0.3 is 24.6 Å². The number of carbonyl (C=O) groups excluding carboxylic acids is 3. The van der Waals surface area contributed by atoms with Crippen molar-refractivity contribution in [1.29, 1.82) is 0 Å². The fraction of sp³-hybridized carbons (Fsp3) is 0.519. The molecule has 1 aromatic heterocycles. The number of ether oxygens (including phenoxy) is 2. The van der Waals surface area contributed by atoms with E-state index in [4.69, 9.17) is 9.47 Å². The highest BCUT2D eigenvalue weighted by atomic mass is 32.2. The van der Waals surface area contributed by atoms with Gasteiger partial charge in [0.1, 0.15) is 5.00 Å². The molecule has 3 aliphatic heterocycles. The molecule has 0 spiro atoms. The Morgan fingerprint density at radius 2 is 1.62 bits per heavy atom. The number of hydrogen-bond donors (Lipinski definition) is 1. The predicted molar refractivity (Wildman–Crippen MR) is 149 cm³/mol. The molecule has 1 N–H and O–H groups in total. The first-order chi connectivity index (χ1) is 19.0. The van der Waals surface area contributed by atoms with Crippen LogP contribution in [0.5, 0.6) is 0 Å². The Hall–Kier alpha value is -2.84. The average Bonchev–Trinajstić information content (AvgIpc) is 3.29. The Morgan fingerprint density at radius 3 is 2.25 bits per heavy atom. The number of nitrogens with zero attached hydrogens (tertiary/aromatic N) is 3. The summed E-state index contributed by atoms with van der Waals surface area (Å²) < 4.78 is 38.9. The largest absolute Gasteiger partial charge is 0.378 e. The maximum Gasteiger partial charge on any atom is 0.257 e. The minimum atomic E-state index is -3.74. The first kappa shape index (κ1) is 28.7. The van der Waals surface area contributed by atoms with Gasteiger partial charge in [0.25, 0.3) is 11.8 Å². The van der Waals surface area contributed by atoms with Gasteiger partial charge in [0.05, 0.1) is 42.4 Å². The van der Waals surface area contributed by atoms with Crippen molar-refractivity contribution in [3.63, 3.8) is 0 Å². The van der Waals surface area contributed by atoms with Crippen molar-refractivity contribution in [1.82, 2.24) is 14.1 Å². The van der Waals surface area contributed by atoms with Gasteiger partial charge in [-0.25, -0.2) is 8.42 Å². The lowest BCUT2D eigenvalue weighted by atomic mass is 10.0. The van der Waals surface area contributed by atoms with Gasteiger partial charge in [-0.1, -0.05) is 0 Å². The Balaban J connectivity index is 1.38. The van der Waals surface area contributed by atoms with E-state index < -0.39 is 15.9 Å². The molecule has 216 valence electrons. The maximum absolute atomic E-state index is 13.6. The van der Waals surface area contributed by atoms with E-state index in [1.807, 2.05) is 13.8 Å². The van der Waals surface area contributed by atoms with Crippen LogP contribution in [0.15, 0.2) is 29.2 Å². The van der Waals surface area contributed by atoms with Gasteiger partial charge in [-0.2, -0.15) is 4.31 Å². The highest BCUT2D eigenvalue weighted by Crippen LogP contribution is 2.38. The number of nitrogens with one attached hydrogen (secondary N) is 1. The molecule has 11 nitrogen and oxygen atoms in total. The van der Waals surface area contributed by atoms with Crippen LogP contribution in [0.4, 0.5) is 5.00 Å². The number of carbonyl (C=O) groups is 3. The molecule has 5 rings (SSSR count). The molecule has 0 bridgehead atoms. The predicted octanol–water partition coefficient (Wildman–Crippen LogP) is 2.18. The summed E-state index contributed by atoms with van der Waals surface area (Å²) in [7, 11) is -3.74. The van der Waals surface area contributed by atoms with Crippen LogP contribution in [0.25, 0.3) is 0 Å². The third-order valence-electron chi connectivity index (χ3n) is 7.38. The van der Waals surface area contributed by atoms with Crippen molar-refractivity contribution in [3.8, 4) is 0 Å². The van der Waals surface area contributed by atoms with E-state index in [2.05, 4.69) is 5.32 Å². The Labute approximate surface area is 238 Å². The first-order valence-corrected chi connectivity index (χ1v) is 15.6. The summed E-state index contributed by atoms with van der Waals surface area (Å²) in [5, 5.41) is 3.34. The van der Waals surface area contributed by atoms with E-state index in [1.165, 1.54) is 46.8 Å². The number of fused-ring (bicyclic) bond motifs is 1. The van der Waals surface area contributed by atoms with E-state index in [1.54, 1.807) is 9.80 Å². The zero-order valence-electron chi connectivity index (χ0n) is 22.8. The molecule has 2 unspecified atom stereocenters. The molecule has 2 aromatic rings. The van der Waals surface area contributed by atoms with Gasteiger partial charge in [-0.3, -0.25) is 14.4 Å². The third-order valence-corrected chi connectivity index (χ3v) is 10.4. The number of anilines is 1. The van der Waals surface area contributed by atoms with E-state index in [-0.39, 0.29) is 47.6 Å². The minimum absolute atomic E-state index is 0.0401. The smallest absolute Gasteiger partial charge is 0.257 e. The summed E-state index contributed by atoms with van der Waals surface area (Å²) in [5.41, 5.74) is 1.60. The topological polar surface area (TPSA) is 126 Å². The number of benzene rings is 1. The molecule has 0 aliphatic carbocycles. The number of morpholine rings is 2. The van der Waals surface area contributed by atoms with Gasteiger partial charge in [-0.05, 0) is 50.1 Å². The average molecular weight is 591 g/mol. The molecule has 0 saturated carbocycles. The summed E-state index contributed by atoms with van der Waals surface area (Å²) in [6.45, 7) is 8.45. The molecular formula is C27H34N4O7S2. The second-order valence-electron chi connectivity index (χ2n) is 10.4. The van der Waals surface area contributed by atoms with Crippen LogP contribution in [0, 0.1) is 0 Å². The second kappa shape index (κ2) is 11.6. The zero-order chi connectivity index (χ0) is 28.6. The van der Waals surface area contributed by atoms with Crippen molar-refractivity contribution >= 4 is 44.1 Å². The van der Waals surface area contributed by atoms with Crippen LogP contribution in [0.3, 0.4) is 0 Å². The molecule has 0 radical (unpaired) electrons. The highest BCUT2D eigenvalue weighted by molar-refractivity contribution is 7.89. The molecule has 40 heavy (non-hydrogen) atoms. The second-order valence-corrected chi connectivity index (χ2v) is 13.4. The summed E-state index contributed by atoms with van der Waals surface area (Å²) in [4.78, 5) is 43.3. The van der Waals surface area contributed by atoms with Crippen molar-refractivity contribution in [2.45, 2.75) is 50.8 Å². The molecule has 1 aromatic carbocycles. The lowest BCUT2D eigenvalue weighted by molar-refractivity contribution is -0.129. The number of sulfonamides is 1. The Morgan fingerprint density at radius 1 is 0.975 bits per heavy atom. The normalized spacial score (nSPS) is 22.1. The summed E-state index contributed by atoms with van der Waals surface area (Å²) >= 11 is 1.31. The number of thiophene rings is 1. The maximum atomic E-state index is 13.6. The van der Waals surface area contributed by atoms with Gasteiger partial charge in [0.2, 0.25) is 15.9 Å². The minimum Gasteiger partial charge on any atom is -0.378 e. The van der Waals surface area contributed by atoms with Crippen molar-refractivity contribution in [2.24, 2.45) is 0 Å². The van der Waals surface area contributed by atoms with Crippen LogP contribution in [-0.2, 0) is 37.3 Å². The summed E-state index contributed by atoms with van der Waals surface area (Å²) in [6, 6.07) is 5.81. The first-order valence-electron chi connectivity index (χ1n) is 13.4. The molecule has 3 amide bonds. The summed E-state index contributed by atoms with van der Waals surface area (Å²) in [6.07, 6.45) is 0.104. The monoisotopic (exact) mass is 590 g/mol. The molecule has 2 atom stereocenters. The van der Waals surface area contributed by atoms with Gasteiger partial charge in [0, 0.05) is 50.1 Å². The summed E-state index contributed by atoms with van der Waals surface area (Å²) in [5.74, 6) is -0.653. The van der Waals surface area contributed by atoms with Crippen LogP contribution < -0.4 is 5.32 Å². The van der Waals surface area contributed by atoms with Crippen LogP contribution >= 0.6 is 11.3 Å². The molecule has 3 aliphatic rings. The number of amides is 3. The van der Waals surface area contributed by atoms with Gasteiger partial charge in [0.15, 0.2) is 0 Å². The van der Waals surface area contributed by atoms with E-state index >= 15 is 0 Å². The van der Waals surface area contributed by atoms with E-state index in [9.17, 15) is 22.8 Å². The standard InChI is InChI=1S/C27H34N4O7S2/c1-17-14-31(15-18(2)38-17)40(35,36)21-6-4-20(5-7-21)25(33)28-26-24(27(34)29-10-12-37-13-11-29)22-8-9-30(19(3)32)16-23(22)39-26/h4-7,17-18H,8-16H2,1-3H3,(H,28,33). The SMILES string of the molecule is CC(=O)N1CCc2c(sc(NC(=O)c3ccc(S(=O)(=O)N4CC(C)OC(C)C4)cc3)c2C(=O)N2CCOCC2)C1. The lowest BCUT2D eigenvalue weighted by Gasteiger charge is -2.34. The lowest BCUT2D eigenvalue weighted by Crippen LogP contribution is -2.48. The number of rotatable bonds is 5. The van der Waals surface area contributed by atoms with Crippen molar-refractivity contribution in [2.75, 3.05) is 51.3 Å². The van der Waals surface area contributed by atoms with Crippen molar-refractivity contribution in [3.05, 3.63) is 45.8 Å². The molecule has 4 heterocycles. The van der Waals surface area contributed by atoms with Crippen molar-refractivity contribution < 1.29 is 32.3 Å². The molecule has 2 fully saturated rings. The Kier molecular flexibility index (Phi) is 8.30. The molecule has 2 saturated heterocycles. The quantitative estimate of drug-likeness (QED) is 0.566. The van der Waals surface area contributed by atoms with E-state index in [0.717, 1.165) is 10.4 Å². The fourth-order valence-electron chi connectivity index (χ4n) is 5.34. The van der Waals surface area contributed by atoms with Gasteiger partial charge in [-0.15, -0.1) is 11.3 Å². The van der Waals surface area contributed by atoms with Crippen LogP contribution in [-0.4, -0.2) is 98.4 Å². The fourth-order valence-corrected chi connectivity index (χ4v) is 8.18. The van der Waals surface area contributed by atoms with Gasteiger partial charge >= 0.3 is 0 Å². The highest BCUT2D eigenvalue weighted by Gasteiger charge is 2.34. The molecule has 13 heteroatoms. The van der Waals surface area contributed by atoms with Crippen LogP contribution in [0.2, 0.25) is 0 Å². The number of hydrogen-bond acceptors (Lipinski definition) is 8. The Bertz CT molecular complexity index is 1390. The van der Waals surface area contributed by atoms with E-state index in [0.29, 0.717) is 56.4 Å². The third kappa shape index (κ3) is 5.79. The zero-order valence-corrected chi connectivity index (χ0v) is 24.5. The van der Waals surface area contributed by atoms with Crippen LogP contribution in [0.1, 0.15) is 51.9 Å².